The fourth-order valence-electron chi connectivity index (χ4n) is 2.86. The minimum Gasteiger partial charge on any atom is -0.468 e. The molecule has 2 aromatic carbocycles. The van der Waals surface area contributed by atoms with Crippen LogP contribution in [-0.2, 0) is 19.6 Å². The van der Waals surface area contributed by atoms with Gasteiger partial charge in [0.25, 0.3) is 0 Å². The Morgan fingerprint density at radius 1 is 1.03 bits per heavy atom. The highest BCUT2D eigenvalue weighted by Gasteiger charge is 2.26. The van der Waals surface area contributed by atoms with Crippen molar-refractivity contribution in [1.82, 2.24) is 10.0 Å². The lowest BCUT2D eigenvalue weighted by molar-refractivity contribution is -0.142. The molecular formula is C22H29N3O5S2. The first-order valence-corrected chi connectivity index (χ1v) is 12.8. The van der Waals surface area contributed by atoms with Gasteiger partial charge in [-0.2, -0.15) is 4.72 Å². The van der Waals surface area contributed by atoms with Gasteiger partial charge in [0.05, 0.1) is 12.0 Å². The molecule has 3 N–H and O–H groups in total. The number of nitrogens with one attached hydrogen (secondary N) is 3. The van der Waals surface area contributed by atoms with Crippen LogP contribution in [0.2, 0.25) is 0 Å². The second-order valence-corrected chi connectivity index (χ2v) is 9.71. The van der Waals surface area contributed by atoms with Crippen molar-refractivity contribution in [3.05, 3.63) is 54.1 Å². The lowest BCUT2D eigenvalue weighted by atomic mass is 10.1. The standard InChI is InChI=1S/C22H29N3O5S2/c1-16-7-13-19(14-8-16)32(28,29)25-20(21(26)30-2)6-4-5-15-23-22(27)24-17-9-11-18(31-3)12-10-17/h7-14,20,25H,4-6,15H2,1-3H3,(H2,23,24,27). The summed E-state index contributed by atoms with van der Waals surface area (Å²) in [6.07, 6.45) is 3.31. The molecule has 0 spiro atoms. The number of thioether (sulfide) groups is 1. The van der Waals surface area contributed by atoms with Crippen molar-refractivity contribution < 1.29 is 22.7 Å². The highest BCUT2D eigenvalue weighted by atomic mass is 32.2. The number of amides is 2. The molecule has 0 radical (unpaired) electrons. The van der Waals surface area contributed by atoms with Gasteiger partial charge in [-0.3, -0.25) is 4.79 Å². The Bertz CT molecular complexity index is 993. The van der Waals surface area contributed by atoms with Crippen molar-refractivity contribution in [1.29, 1.82) is 0 Å². The summed E-state index contributed by atoms with van der Waals surface area (Å²) in [5, 5.41) is 5.49. The Labute approximate surface area is 193 Å². The first-order valence-electron chi connectivity index (χ1n) is 10.1. The molecule has 1 unspecified atom stereocenters. The molecule has 0 saturated carbocycles. The van der Waals surface area contributed by atoms with Crippen molar-refractivity contribution in [2.75, 3.05) is 25.2 Å². The summed E-state index contributed by atoms with van der Waals surface area (Å²) in [6, 6.07) is 12.5. The summed E-state index contributed by atoms with van der Waals surface area (Å²) in [7, 11) is -2.64. The zero-order valence-electron chi connectivity index (χ0n) is 18.4. The van der Waals surface area contributed by atoms with E-state index < -0.39 is 22.0 Å². The second kappa shape index (κ2) is 12.5. The van der Waals surface area contributed by atoms with Gasteiger partial charge in [-0.15, -0.1) is 11.8 Å². The van der Waals surface area contributed by atoms with Crippen LogP contribution in [0.25, 0.3) is 0 Å². The third-order valence-electron chi connectivity index (χ3n) is 4.67. The predicted molar refractivity (Wildman–Crippen MR) is 126 cm³/mol. The molecule has 0 aliphatic carbocycles. The number of carbonyl (C=O) groups is 2. The fourth-order valence-corrected chi connectivity index (χ4v) is 4.49. The highest BCUT2D eigenvalue weighted by molar-refractivity contribution is 7.98. The minimum atomic E-state index is -3.86. The number of ether oxygens (including phenoxy) is 1. The molecule has 0 aliphatic heterocycles. The molecule has 8 nitrogen and oxygen atoms in total. The Morgan fingerprint density at radius 2 is 1.69 bits per heavy atom. The molecule has 0 aromatic heterocycles. The molecule has 0 bridgehead atoms. The molecule has 0 aliphatic rings. The number of esters is 1. The number of anilines is 1. The van der Waals surface area contributed by atoms with Crippen molar-refractivity contribution in [2.45, 2.75) is 42.0 Å². The van der Waals surface area contributed by atoms with E-state index in [0.29, 0.717) is 25.1 Å². The quantitative estimate of drug-likeness (QED) is 0.258. The fraction of sp³-hybridized carbons (Fsp3) is 0.364. The summed E-state index contributed by atoms with van der Waals surface area (Å²) >= 11 is 1.62. The van der Waals surface area contributed by atoms with Crippen LogP contribution in [0.1, 0.15) is 24.8 Å². The number of hydrogen-bond donors (Lipinski definition) is 3. The van der Waals surface area contributed by atoms with Crippen LogP contribution in [0, 0.1) is 6.92 Å². The lowest BCUT2D eigenvalue weighted by Gasteiger charge is -2.17. The van der Waals surface area contributed by atoms with Gasteiger partial charge in [0.1, 0.15) is 6.04 Å². The number of sulfonamides is 1. The Morgan fingerprint density at radius 3 is 2.28 bits per heavy atom. The Kier molecular flexibility index (Phi) is 10.0. The minimum absolute atomic E-state index is 0.0842. The average Bonchev–Trinajstić information content (AvgIpc) is 2.78. The maximum absolute atomic E-state index is 12.6. The van der Waals surface area contributed by atoms with Crippen LogP contribution >= 0.6 is 11.8 Å². The zero-order chi connectivity index (χ0) is 23.6. The molecule has 32 heavy (non-hydrogen) atoms. The first kappa shape index (κ1) is 25.7. The first-order chi connectivity index (χ1) is 15.2. The van der Waals surface area contributed by atoms with Gasteiger partial charge >= 0.3 is 12.0 Å². The SMILES string of the molecule is COC(=O)C(CCCCNC(=O)Nc1ccc(SC)cc1)NS(=O)(=O)c1ccc(C)cc1. The molecule has 1 atom stereocenters. The second-order valence-electron chi connectivity index (χ2n) is 7.12. The summed E-state index contributed by atoms with van der Waals surface area (Å²) in [5.41, 5.74) is 1.62. The summed E-state index contributed by atoms with van der Waals surface area (Å²) in [6.45, 7) is 2.24. The summed E-state index contributed by atoms with van der Waals surface area (Å²) < 4.78 is 32.3. The van der Waals surface area contributed by atoms with Crippen molar-refractivity contribution >= 4 is 39.5 Å². The lowest BCUT2D eigenvalue weighted by Crippen LogP contribution is -2.41. The highest BCUT2D eigenvalue weighted by Crippen LogP contribution is 2.17. The Balaban J connectivity index is 1.80. The van der Waals surface area contributed by atoms with Crippen LogP contribution in [0.4, 0.5) is 10.5 Å². The van der Waals surface area contributed by atoms with Gasteiger partial charge in [0, 0.05) is 17.1 Å². The summed E-state index contributed by atoms with van der Waals surface area (Å²) in [5.74, 6) is -0.653. The number of rotatable bonds is 11. The van der Waals surface area contributed by atoms with E-state index in [9.17, 15) is 18.0 Å². The van der Waals surface area contributed by atoms with Gasteiger partial charge in [0.15, 0.2) is 0 Å². The van der Waals surface area contributed by atoms with Gasteiger partial charge in [-0.05, 0) is 68.8 Å². The molecule has 2 aromatic rings. The average molecular weight is 480 g/mol. The van der Waals surface area contributed by atoms with E-state index in [1.807, 2.05) is 37.4 Å². The molecule has 10 heteroatoms. The number of unbranched alkanes of at least 4 members (excludes halogenated alkanes) is 1. The van der Waals surface area contributed by atoms with Crippen LogP contribution in [-0.4, -0.2) is 46.4 Å². The van der Waals surface area contributed by atoms with E-state index in [4.69, 9.17) is 4.74 Å². The normalized spacial score (nSPS) is 12.1. The van der Waals surface area contributed by atoms with Gasteiger partial charge < -0.3 is 15.4 Å². The van der Waals surface area contributed by atoms with Gasteiger partial charge in [-0.25, -0.2) is 13.2 Å². The van der Waals surface area contributed by atoms with E-state index in [0.717, 1.165) is 10.5 Å². The molecular weight excluding hydrogens is 450 g/mol. The largest absolute Gasteiger partial charge is 0.468 e. The van der Waals surface area contributed by atoms with E-state index in [1.54, 1.807) is 23.9 Å². The third-order valence-corrected chi connectivity index (χ3v) is 6.90. The van der Waals surface area contributed by atoms with Crippen LogP contribution in [0.3, 0.4) is 0 Å². The number of urea groups is 1. The number of carbonyl (C=O) groups excluding carboxylic acids is 2. The van der Waals surface area contributed by atoms with Crippen LogP contribution in [0.5, 0.6) is 0 Å². The molecule has 0 fully saturated rings. The predicted octanol–water partition coefficient (Wildman–Crippen LogP) is 3.53. The van der Waals surface area contributed by atoms with E-state index in [-0.39, 0.29) is 17.3 Å². The monoisotopic (exact) mass is 479 g/mol. The third kappa shape index (κ3) is 8.18. The number of methoxy groups -OCH3 is 1. The zero-order valence-corrected chi connectivity index (χ0v) is 20.0. The van der Waals surface area contributed by atoms with Crippen LogP contribution < -0.4 is 15.4 Å². The summed E-state index contributed by atoms with van der Waals surface area (Å²) in [4.78, 5) is 25.2. The molecule has 2 amide bonds. The van der Waals surface area contributed by atoms with Crippen LogP contribution in [0.15, 0.2) is 58.3 Å². The molecule has 174 valence electrons. The number of hydrogen-bond acceptors (Lipinski definition) is 6. The van der Waals surface area contributed by atoms with Crippen molar-refractivity contribution in [2.24, 2.45) is 0 Å². The van der Waals surface area contributed by atoms with E-state index in [1.165, 1.54) is 19.2 Å². The Hall–Kier alpha value is -2.56. The maximum Gasteiger partial charge on any atom is 0.323 e. The van der Waals surface area contributed by atoms with Crippen molar-refractivity contribution in [3.63, 3.8) is 0 Å². The number of benzene rings is 2. The molecule has 2 rings (SSSR count). The number of aryl methyl sites for hydroxylation is 1. The maximum atomic E-state index is 12.6. The van der Waals surface area contributed by atoms with Gasteiger partial charge in [0.2, 0.25) is 10.0 Å². The molecule has 0 saturated heterocycles. The van der Waals surface area contributed by atoms with E-state index in [2.05, 4.69) is 15.4 Å². The topological polar surface area (TPSA) is 114 Å². The van der Waals surface area contributed by atoms with E-state index >= 15 is 0 Å². The molecule has 0 heterocycles. The van der Waals surface area contributed by atoms with Crippen molar-refractivity contribution in [3.8, 4) is 0 Å². The smallest absolute Gasteiger partial charge is 0.323 e. The van der Waals surface area contributed by atoms with Gasteiger partial charge in [-0.1, -0.05) is 17.7 Å².